The number of fused-ring (bicyclic) bond motifs is 1. The van der Waals surface area contributed by atoms with Gasteiger partial charge in [-0.2, -0.15) is 0 Å². The van der Waals surface area contributed by atoms with Crippen LogP contribution in [0.4, 0.5) is 0 Å². The molecule has 0 spiro atoms. The zero-order valence-electron chi connectivity index (χ0n) is 22.5. The molecule has 32 heavy (non-hydrogen) atoms. The lowest BCUT2D eigenvalue weighted by Crippen LogP contribution is -2.51. The molecule has 184 valence electrons. The highest BCUT2D eigenvalue weighted by Crippen LogP contribution is 2.62. The van der Waals surface area contributed by atoms with Gasteiger partial charge in [0.05, 0.1) is 0 Å². The maximum absolute atomic E-state index is 13.1. The van der Waals surface area contributed by atoms with Gasteiger partial charge in [-0.25, -0.2) is 0 Å². The van der Waals surface area contributed by atoms with Gasteiger partial charge in [0.15, 0.2) is 5.78 Å². The Morgan fingerprint density at radius 1 is 1.03 bits per heavy atom. The number of Topliss-reactive ketones (excluding diaryl/α,β-unsaturated/α-hetero) is 1. The van der Waals surface area contributed by atoms with Gasteiger partial charge < -0.3 is 5.11 Å². The minimum atomic E-state index is -1.21. The summed E-state index contributed by atoms with van der Waals surface area (Å²) < 4.78 is 0. The lowest BCUT2D eigenvalue weighted by Gasteiger charge is -2.59. The Morgan fingerprint density at radius 2 is 1.72 bits per heavy atom. The highest BCUT2D eigenvalue weighted by molar-refractivity contribution is 5.86. The molecule has 0 bridgehead atoms. The molecule has 0 radical (unpaired) electrons. The van der Waals surface area contributed by atoms with E-state index in [4.69, 9.17) is 0 Å². The summed E-state index contributed by atoms with van der Waals surface area (Å²) in [4.78, 5) is 13.1. The van der Waals surface area contributed by atoms with Crippen molar-refractivity contribution < 1.29 is 9.90 Å². The first-order chi connectivity index (χ1) is 14.8. The summed E-state index contributed by atoms with van der Waals surface area (Å²) in [6.45, 7) is 18.0. The van der Waals surface area contributed by atoms with E-state index in [1.807, 2.05) is 0 Å². The van der Waals surface area contributed by atoms with Crippen LogP contribution in [0.25, 0.3) is 0 Å². The van der Waals surface area contributed by atoms with Crippen LogP contribution in [0.1, 0.15) is 126 Å². The zero-order valence-corrected chi connectivity index (χ0v) is 22.5. The Balaban J connectivity index is 1.92. The molecule has 0 aromatic rings. The van der Waals surface area contributed by atoms with Gasteiger partial charge in [-0.3, -0.25) is 4.79 Å². The van der Waals surface area contributed by atoms with Crippen molar-refractivity contribution in [2.24, 2.45) is 28.6 Å². The number of carbonyl (C=O) groups excluding carboxylic acids is 1. The fraction of sp³-hybridized carbons (Fsp3) is 0.833. The van der Waals surface area contributed by atoms with E-state index in [1.165, 1.54) is 43.3 Å². The van der Waals surface area contributed by atoms with Crippen LogP contribution >= 0.6 is 0 Å². The van der Waals surface area contributed by atoms with Gasteiger partial charge in [0, 0.05) is 6.42 Å². The predicted octanol–water partition coefficient (Wildman–Crippen LogP) is 8.44. The first-order valence-electron chi connectivity index (χ1n) is 13.3. The van der Waals surface area contributed by atoms with Crippen LogP contribution in [0.5, 0.6) is 0 Å². The minimum absolute atomic E-state index is 0.0427. The third-order valence-corrected chi connectivity index (χ3v) is 9.22. The number of hydrogen-bond donors (Lipinski definition) is 1. The molecule has 2 aliphatic rings. The Labute approximate surface area is 199 Å². The lowest BCUT2D eigenvalue weighted by atomic mass is 9.46. The van der Waals surface area contributed by atoms with E-state index in [0.717, 1.165) is 31.6 Å². The summed E-state index contributed by atoms with van der Waals surface area (Å²) in [5.41, 5.74) is 2.25. The molecular weight excluding hydrogens is 392 g/mol. The summed E-state index contributed by atoms with van der Waals surface area (Å²) in [6, 6.07) is 0. The molecule has 1 N–H and O–H groups in total. The second kappa shape index (κ2) is 11.0. The quantitative estimate of drug-likeness (QED) is 0.343. The number of carbonyl (C=O) groups is 1. The van der Waals surface area contributed by atoms with Crippen molar-refractivity contribution >= 4 is 5.78 Å². The Bertz CT molecular complexity index is 692. The molecule has 2 saturated carbocycles. The van der Waals surface area contributed by atoms with Crippen molar-refractivity contribution in [3.8, 4) is 0 Å². The zero-order chi connectivity index (χ0) is 24.2. The fourth-order valence-electron chi connectivity index (χ4n) is 7.21. The van der Waals surface area contributed by atoms with Crippen molar-refractivity contribution in [2.45, 2.75) is 132 Å². The SMILES string of the molecule is CC(C)=CCC/C(C)=C/CC[C@@](C)(O)C(=O)CC[C@H]1[C@@H](C)CC[C@H]2C(C)(C)CCC[C@]12C. The van der Waals surface area contributed by atoms with Crippen molar-refractivity contribution in [3.63, 3.8) is 0 Å². The van der Waals surface area contributed by atoms with E-state index < -0.39 is 5.60 Å². The first kappa shape index (κ1) is 27.4. The number of rotatable bonds is 10. The largest absolute Gasteiger partial charge is 0.382 e. The average Bonchev–Trinajstić information content (AvgIpc) is 2.66. The molecule has 2 aliphatic carbocycles. The van der Waals surface area contributed by atoms with Crippen LogP contribution in [0.2, 0.25) is 0 Å². The number of hydrogen-bond acceptors (Lipinski definition) is 2. The monoisotopic (exact) mass is 444 g/mol. The van der Waals surface area contributed by atoms with Crippen molar-refractivity contribution in [1.29, 1.82) is 0 Å². The second-order valence-corrected chi connectivity index (χ2v) is 12.7. The van der Waals surface area contributed by atoms with Gasteiger partial charge >= 0.3 is 0 Å². The van der Waals surface area contributed by atoms with E-state index >= 15 is 0 Å². The van der Waals surface area contributed by atoms with Crippen LogP contribution in [0.3, 0.4) is 0 Å². The standard InChI is InChI=1S/C30H52O2/c1-22(2)12-9-13-23(3)14-10-21-30(8,32)27(31)18-16-25-24(4)15-17-26-28(5,6)19-11-20-29(25,26)7/h12,14,24-26,32H,9-11,13,15-21H2,1-8H3/b23-14+/t24-,25-,26-,29+,30+/m0/s1. The van der Waals surface area contributed by atoms with E-state index in [-0.39, 0.29) is 5.78 Å². The highest BCUT2D eigenvalue weighted by atomic mass is 16.3. The maximum atomic E-state index is 13.1. The van der Waals surface area contributed by atoms with Crippen LogP contribution in [0, 0.1) is 28.6 Å². The molecule has 5 atom stereocenters. The van der Waals surface area contributed by atoms with Gasteiger partial charge in [-0.1, -0.05) is 63.8 Å². The fourth-order valence-corrected chi connectivity index (χ4v) is 7.21. The van der Waals surface area contributed by atoms with Gasteiger partial charge in [0.25, 0.3) is 0 Å². The van der Waals surface area contributed by atoms with E-state index in [1.54, 1.807) is 6.92 Å². The van der Waals surface area contributed by atoms with Crippen molar-refractivity contribution in [3.05, 3.63) is 23.3 Å². The van der Waals surface area contributed by atoms with Gasteiger partial charge in [0.1, 0.15) is 5.60 Å². The van der Waals surface area contributed by atoms with Crippen molar-refractivity contribution in [2.75, 3.05) is 0 Å². The summed E-state index contributed by atoms with van der Waals surface area (Å²) in [5, 5.41) is 10.9. The lowest BCUT2D eigenvalue weighted by molar-refractivity contribution is -0.138. The maximum Gasteiger partial charge on any atom is 0.164 e. The smallest absolute Gasteiger partial charge is 0.164 e. The van der Waals surface area contributed by atoms with E-state index in [9.17, 15) is 9.90 Å². The molecule has 2 nitrogen and oxygen atoms in total. The number of aliphatic hydroxyl groups is 1. The predicted molar refractivity (Wildman–Crippen MR) is 138 cm³/mol. The third-order valence-electron chi connectivity index (χ3n) is 9.22. The number of ketones is 1. The van der Waals surface area contributed by atoms with Crippen LogP contribution < -0.4 is 0 Å². The molecule has 0 heterocycles. The topological polar surface area (TPSA) is 37.3 Å². The molecule has 2 heteroatoms. The van der Waals surface area contributed by atoms with Gasteiger partial charge in [-0.05, 0) is 108 Å². The third kappa shape index (κ3) is 6.81. The van der Waals surface area contributed by atoms with E-state index in [0.29, 0.717) is 35.5 Å². The Hall–Kier alpha value is -0.890. The van der Waals surface area contributed by atoms with Crippen LogP contribution in [0.15, 0.2) is 23.3 Å². The summed E-state index contributed by atoms with van der Waals surface area (Å²) in [7, 11) is 0. The Kier molecular flexibility index (Phi) is 9.42. The molecule has 0 amide bonds. The highest BCUT2D eigenvalue weighted by Gasteiger charge is 2.53. The molecule has 0 aliphatic heterocycles. The normalized spacial score (nSPS) is 32.0. The van der Waals surface area contributed by atoms with Gasteiger partial charge in [0.2, 0.25) is 0 Å². The van der Waals surface area contributed by atoms with E-state index in [2.05, 4.69) is 60.6 Å². The molecule has 0 unspecified atom stereocenters. The molecule has 0 aromatic heterocycles. The van der Waals surface area contributed by atoms with Crippen molar-refractivity contribution in [1.82, 2.24) is 0 Å². The molecule has 2 rings (SSSR count). The summed E-state index contributed by atoms with van der Waals surface area (Å²) >= 11 is 0. The molecule has 0 saturated heterocycles. The second-order valence-electron chi connectivity index (χ2n) is 12.7. The summed E-state index contributed by atoms with van der Waals surface area (Å²) in [5.74, 6) is 2.08. The number of allylic oxidation sites excluding steroid dienone is 4. The van der Waals surface area contributed by atoms with Crippen LogP contribution in [-0.2, 0) is 4.79 Å². The average molecular weight is 445 g/mol. The van der Waals surface area contributed by atoms with Gasteiger partial charge in [-0.15, -0.1) is 0 Å². The first-order valence-corrected chi connectivity index (χ1v) is 13.3. The Morgan fingerprint density at radius 3 is 2.38 bits per heavy atom. The molecule has 0 aromatic carbocycles. The molecular formula is C30H52O2. The minimum Gasteiger partial charge on any atom is -0.382 e. The molecule has 2 fully saturated rings. The van der Waals surface area contributed by atoms with Crippen LogP contribution in [-0.4, -0.2) is 16.5 Å². The summed E-state index contributed by atoms with van der Waals surface area (Å²) in [6.07, 6.45) is 15.9.